The fourth-order valence-electron chi connectivity index (χ4n) is 3.55. The van der Waals surface area contributed by atoms with E-state index in [4.69, 9.17) is 0 Å². The Morgan fingerprint density at radius 3 is 2.25 bits per heavy atom. The zero-order valence-corrected chi connectivity index (χ0v) is 16.8. The first-order valence-electron chi connectivity index (χ1n) is 10.0. The summed E-state index contributed by atoms with van der Waals surface area (Å²) in [7, 11) is 0. The Kier molecular flexibility index (Phi) is 6.69. The highest BCUT2D eigenvalue weighted by Crippen LogP contribution is 2.17. The van der Waals surface area contributed by atoms with Gasteiger partial charge >= 0.3 is 0 Å². The lowest BCUT2D eigenvalue weighted by molar-refractivity contribution is -0.114. The molecule has 5 nitrogen and oxygen atoms in total. The van der Waals surface area contributed by atoms with Crippen LogP contribution in [-0.4, -0.2) is 36.3 Å². The second-order valence-electron chi connectivity index (χ2n) is 7.50. The van der Waals surface area contributed by atoms with Crippen LogP contribution in [0.4, 0.5) is 11.4 Å². The van der Waals surface area contributed by atoms with E-state index in [9.17, 15) is 9.59 Å². The number of hydrogen-bond acceptors (Lipinski definition) is 3. The first kappa shape index (κ1) is 19.9. The molecule has 1 fully saturated rings. The van der Waals surface area contributed by atoms with E-state index in [1.54, 1.807) is 24.3 Å². The van der Waals surface area contributed by atoms with E-state index in [2.05, 4.69) is 16.7 Å². The van der Waals surface area contributed by atoms with Crippen molar-refractivity contribution >= 4 is 23.2 Å². The minimum atomic E-state index is -0.119. The molecule has 28 heavy (non-hydrogen) atoms. The number of benzene rings is 2. The third-order valence-electron chi connectivity index (χ3n) is 5.13. The monoisotopic (exact) mass is 379 g/mol. The van der Waals surface area contributed by atoms with Crippen LogP contribution in [0.15, 0.2) is 42.5 Å². The molecule has 0 saturated carbocycles. The molecule has 0 radical (unpaired) electrons. The van der Waals surface area contributed by atoms with Crippen LogP contribution in [0, 0.1) is 13.8 Å². The van der Waals surface area contributed by atoms with Crippen molar-refractivity contribution in [1.82, 2.24) is 4.90 Å². The van der Waals surface area contributed by atoms with Gasteiger partial charge in [-0.25, -0.2) is 0 Å². The molecule has 3 rings (SSSR count). The number of amides is 2. The summed E-state index contributed by atoms with van der Waals surface area (Å²) in [6, 6.07) is 13.3. The number of rotatable bonds is 5. The maximum Gasteiger partial charge on any atom is 0.253 e. The van der Waals surface area contributed by atoms with Crippen LogP contribution < -0.4 is 10.6 Å². The number of anilines is 2. The summed E-state index contributed by atoms with van der Waals surface area (Å²) >= 11 is 0. The van der Waals surface area contributed by atoms with E-state index in [-0.39, 0.29) is 18.4 Å². The molecule has 2 amide bonds. The van der Waals surface area contributed by atoms with Crippen molar-refractivity contribution in [3.8, 4) is 0 Å². The lowest BCUT2D eigenvalue weighted by Crippen LogP contribution is -2.31. The summed E-state index contributed by atoms with van der Waals surface area (Å²) in [6.45, 7) is 5.93. The Morgan fingerprint density at radius 1 is 0.929 bits per heavy atom. The Balaban J connectivity index is 1.53. The normalized spacial score (nSPS) is 14.3. The maximum atomic E-state index is 12.6. The second kappa shape index (κ2) is 9.40. The highest BCUT2D eigenvalue weighted by atomic mass is 16.2. The number of carbonyl (C=O) groups is 2. The van der Waals surface area contributed by atoms with Crippen LogP contribution in [0.3, 0.4) is 0 Å². The van der Waals surface area contributed by atoms with Crippen molar-refractivity contribution in [3.63, 3.8) is 0 Å². The Labute approximate surface area is 167 Å². The third kappa shape index (κ3) is 5.35. The van der Waals surface area contributed by atoms with Crippen LogP contribution in [0.2, 0.25) is 0 Å². The van der Waals surface area contributed by atoms with Crippen molar-refractivity contribution in [2.75, 3.05) is 30.3 Å². The Morgan fingerprint density at radius 2 is 1.61 bits per heavy atom. The van der Waals surface area contributed by atoms with E-state index in [1.165, 1.54) is 18.4 Å². The second-order valence-corrected chi connectivity index (χ2v) is 7.50. The van der Waals surface area contributed by atoms with Crippen LogP contribution in [0.1, 0.15) is 47.2 Å². The molecule has 1 heterocycles. The number of nitrogens with one attached hydrogen (secondary N) is 2. The van der Waals surface area contributed by atoms with E-state index in [0.29, 0.717) is 11.3 Å². The summed E-state index contributed by atoms with van der Waals surface area (Å²) < 4.78 is 0. The molecule has 0 aromatic heterocycles. The zero-order chi connectivity index (χ0) is 19.9. The lowest BCUT2D eigenvalue weighted by Gasteiger charge is -2.20. The fraction of sp³-hybridized carbons (Fsp3) is 0.391. The molecule has 148 valence electrons. The first-order chi connectivity index (χ1) is 13.5. The molecule has 2 aromatic rings. The van der Waals surface area contributed by atoms with Crippen LogP contribution in [0.5, 0.6) is 0 Å². The largest absolute Gasteiger partial charge is 0.376 e. The van der Waals surface area contributed by atoms with Crippen molar-refractivity contribution < 1.29 is 9.59 Å². The van der Waals surface area contributed by atoms with Gasteiger partial charge < -0.3 is 15.5 Å². The maximum absolute atomic E-state index is 12.6. The molecule has 2 N–H and O–H groups in total. The van der Waals surface area contributed by atoms with E-state index >= 15 is 0 Å². The molecule has 1 aliphatic heterocycles. The van der Waals surface area contributed by atoms with E-state index in [1.807, 2.05) is 30.9 Å². The molecule has 1 saturated heterocycles. The number of hydrogen-bond donors (Lipinski definition) is 2. The summed E-state index contributed by atoms with van der Waals surface area (Å²) in [5.41, 5.74) is 4.64. The van der Waals surface area contributed by atoms with Crippen molar-refractivity contribution in [3.05, 3.63) is 59.2 Å². The molecule has 1 aliphatic rings. The Hall–Kier alpha value is -2.82. The van der Waals surface area contributed by atoms with Gasteiger partial charge in [0.05, 0.1) is 6.54 Å². The molecule has 2 aromatic carbocycles. The molecule has 0 aliphatic carbocycles. The molecule has 0 bridgehead atoms. The Bertz CT molecular complexity index is 822. The van der Waals surface area contributed by atoms with Gasteiger partial charge in [0.25, 0.3) is 5.91 Å². The van der Waals surface area contributed by atoms with Gasteiger partial charge in [-0.3, -0.25) is 9.59 Å². The first-order valence-corrected chi connectivity index (χ1v) is 10.0. The minimum Gasteiger partial charge on any atom is -0.376 e. The van der Waals surface area contributed by atoms with E-state index in [0.717, 1.165) is 37.2 Å². The zero-order valence-electron chi connectivity index (χ0n) is 16.8. The summed E-state index contributed by atoms with van der Waals surface area (Å²) in [4.78, 5) is 26.8. The topological polar surface area (TPSA) is 61.4 Å². The van der Waals surface area contributed by atoms with Gasteiger partial charge in [-0.05, 0) is 62.6 Å². The average molecular weight is 380 g/mol. The van der Waals surface area contributed by atoms with Gasteiger partial charge in [-0.2, -0.15) is 0 Å². The molecular weight excluding hydrogens is 350 g/mol. The van der Waals surface area contributed by atoms with E-state index < -0.39 is 0 Å². The number of nitrogens with zero attached hydrogens (tertiary/aromatic N) is 1. The predicted octanol–water partition coefficient (Wildman–Crippen LogP) is 4.37. The smallest absolute Gasteiger partial charge is 0.253 e. The fourth-order valence-corrected chi connectivity index (χ4v) is 3.55. The van der Waals surface area contributed by atoms with Crippen LogP contribution in [-0.2, 0) is 4.79 Å². The predicted molar refractivity (Wildman–Crippen MR) is 114 cm³/mol. The highest BCUT2D eigenvalue weighted by molar-refractivity contribution is 5.96. The van der Waals surface area contributed by atoms with Crippen molar-refractivity contribution in [1.29, 1.82) is 0 Å². The molecule has 5 heteroatoms. The molecular formula is C23H29N3O2. The number of aryl methyl sites for hydroxylation is 2. The van der Waals surface area contributed by atoms with Gasteiger partial charge in [0.2, 0.25) is 5.91 Å². The minimum absolute atomic E-state index is 0.0799. The average Bonchev–Trinajstić information content (AvgIpc) is 2.97. The summed E-state index contributed by atoms with van der Waals surface area (Å²) in [5.74, 6) is -0.0390. The van der Waals surface area contributed by atoms with Gasteiger partial charge in [-0.15, -0.1) is 0 Å². The van der Waals surface area contributed by atoms with Crippen LogP contribution in [0.25, 0.3) is 0 Å². The number of carbonyl (C=O) groups excluding carboxylic acids is 2. The third-order valence-corrected chi connectivity index (χ3v) is 5.13. The van der Waals surface area contributed by atoms with Gasteiger partial charge in [0.15, 0.2) is 0 Å². The summed E-state index contributed by atoms with van der Waals surface area (Å²) in [6.07, 6.45) is 4.55. The van der Waals surface area contributed by atoms with Crippen LogP contribution >= 0.6 is 0 Å². The SMILES string of the molecule is Cc1ccc(NCC(=O)Nc2ccc(C(=O)N3CCCCCC3)cc2)c(C)c1. The highest BCUT2D eigenvalue weighted by Gasteiger charge is 2.17. The lowest BCUT2D eigenvalue weighted by atomic mass is 10.1. The quantitative estimate of drug-likeness (QED) is 0.811. The van der Waals surface area contributed by atoms with Crippen molar-refractivity contribution in [2.45, 2.75) is 39.5 Å². The molecule has 0 atom stereocenters. The standard InChI is InChI=1S/C23H29N3O2/c1-17-7-12-21(18(2)15-17)24-16-22(27)25-20-10-8-19(9-11-20)23(28)26-13-5-3-4-6-14-26/h7-12,15,24H,3-6,13-14,16H2,1-2H3,(H,25,27). The van der Waals surface area contributed by atoms with Gasteiger partial charge in [0, 0.05) is 30.0 Å². The van der Waals surface area contributed by atoms with Gasteiger partial charge in [0.1, 0.15) is 0 Å². The number of likely N-dealkylation sites (tertiary alicyclic amines) is 1. The van der Waals surface area contributed by atoms with Gasteiger partial charge in [-0.1, -0.05) is 30.5 Å². The molecule has 0 unspecified atom stereocenters. The summed E-state index contributed by atoms with van der Waals surface area (Å²) in [5, 5.41) is 6.04. The van der Waals surface area contributed by atoms with Crippen molar-refractivity contribution in [2.24, 2.45) is 0 Å². The molecule has 0 spiro atoms.